The number of nitrogens with zero attached hydrogens (tertiary/aromatic N) is 1. The maximum atomic E-state index is 12.5. The van der Waals surface area contributed by atoms with Gasteiger partial charge in [-0.05, 0) is 55.3 Å². The Morgan fingerprint density at radius 1 is 1.12 bits per heavy atom. The third kappa shape index (κ3) is 3.97. The largest absolute Gasteiger partial charge is 0.324 e. The molecule has 2 aromatic carbocycles. The van der Waals surface area contributed by atoms with Crippen LogP contribution in [0.1, 0.15) is 17.5 Å². The third-order valence-electron chi connectivity index (χ3n) is 4.20. The number of amides is 2. The van der Waals surface area contributed by atoms with Crippen LogP contribution in [0.15, 0.2) is 36.4 Å². The smallest absolute Gasteiger partial charge is 0.229 e. The molecule has 1 atom stereocenters. The molecule has 6 heteroatoms. The molecule has 1 fully saturated rings. The third-order valence-corrected chi connectivity index (χ3v) is 4.76. The fourth-order valence-corrected chi connectivity index (χ4v) is 3.40. The van der Waals surface area contributed by atoms with E-state index in [9.17, 15) is 9.59 Å². The number of rotatable bonds is 3. The van der Waals surface area contributed by atoms with Gasteiger partial charge in [0.05, 0.1) is 16.6 Å². The van der Waals surface area contributed by atoms with Gasteiger partial charge in [0.15, 0.2) is 0 Å². The van der Waals surface area contributed by atoms with Crippen molar-refractivity contribution >= 4 is 46.4 Å². The van der Waals surface area contributed by atoms with E-state index in [1.165, 1.54) is 0 Å². The lowest BCUT2D eigenvalue weighted by Gasteiger charge is -2.18. The molecule has 1 N–H and O–H groups in total. The number of carbonyl (C=O) groups excluding carboxylic acids is 2. The summed E-state index contributed by atoms with van der Waals surface area (Å²) in [5.41, 5.74) is 3.46. The van der Waals surface area contributed by atoms with Gasteiger partial charge in [-0.2, -0.15) is 0 Å². The Morgan fingerprint density at radius 2 is 1.80 bits per heavy atom. The summed E-state index contributed by atoms with van der Waals surface area (Å²) in [4.78, 5) is 26.6. The van der Waals surface area contributed by atoms with Crippen LogP contribution in [0.2, 0.25) is 10.0 Å². The Balaban J connectivity index is 1.75. The Kier molecular flexibility index (Phi) is 5.02. The van der Waals surface area contributed by atoms with Crippen molar-refractivity contribution in [2.45, 2.75) is 20.3 Å². The van der Waals surface area contributed by atoms with E-state index >= 15 is 0 Å². The van der Waals surface area contributed by atoms with Crippen LogP contribution in [0.25, 0.3) is 0 Å². The number of benzene rings is 2. The molecule has 0 spiro atoms. The van der Waals surface area contributed by atoms with Crippen molar-refractivity contribution in [3.63, 3.8) is 0 Å². The van der Waals surface area contributed by atoms with Crippen molar-refractivity contribution in [2.24, 2.45) is 5.92 Å². The predicted molar refractivity (Wildman–Crippen MR) is 101 cm³/mol. The maximum absolute atomic E-state index is 12.5. The van der Waals surface area contributed by atoms with Gasteiger partial charge in [0, 0.05) is 23.7 Å². The van der Waals surface area contributed by atoms with E-state index < -0.39 is 5.92 Å². The van der Waals surface area contributed by atoms with Gasteiger partial charge >= 0.3 is 0 Å². The maximum Gasteiger partial charge on any atom is 0.229 e. The Bertz CT molecular complexity index is 831. The molecular formula is C19H18Cl2N2O2. The molecule has 0 bridgehead atoms. The molecule has 1 aliphatic heterocycles. The SMILES string of the molecule is Cc1cc(C)cc(N2C[C@@H](C(=O)Nc3cc(Cl)ccc3Cl)CC2=O)c1. The first-order chi connectivity index (χ1) is 11.8. The number of hydrogen-bond donors (Lipinski definition) is 1. The van der Waals surface area contributed by atoms with Crippen molar-refractivity contribution in [3.05, 3.63) is 57.6 Å². The zero-order valence-corrected chi connectivity index (χ0v) is 15.5. The van der Waals surface area contributed by atoms with Crippen LogP contribution >= 0.6 is 23.2 Å². The molecule has 1 heterocycles. The molecule has 1 saturated heterocycles. The fraction of sp³-hybridized carbons (Fsp3) is 0.263. The summed E-state index contributed by atoms with van der Waals surface area (Å²) in [5, 5.41) is 3.67. The second-order valence-electron chi connectivity index (χ2n) is 6.36. The standard InChI is InChI=1S/C19H18Cl2N2O2/c1-11-5-12(2)7-15(6-11)23-10-13(8-18(23)24)19(25)22-17-9-14(20)3-4-16(17)21/h3-7,9,13H,8,10H2,1-2H3,(H,22,25)/t13-/m0/s1. The van der Waals surface area contributed by atoms with Crippen LogP contribution in [0, 0.1) is 19.8 Å². The summed E-state index contributed by atoms with van der Waals surface area (Å²) < 4.78 is 0. The zero-order chi connectivity index (χ0) is 18.1. The van der Waals surface area contributed by atoms with E-state index in [0.717, 1.165) is 16.8 Å². The van der Waals surface area contributed by atoms with Gasteiger partial charge in [-0.25, -0.2) is 0 Å². The molecule has 0 aromatic heterocycles. The minimum Gasteiger partial charge on any atom is -0.324 e. The van der Waals surface area contributed by atoms with Gasteiger partial charge in [-0.1, -0.05) is 29.3 Å². The van der Waals surface area contributed by atoms with E-state index in [4.69, 9.17) is 23.2 Å². The normalized spacial score (nSPS) is 17.0. The summed E-state index contributed by atoms with van der Waals surface area (Å²) in [7, 11) is 0. The highest BCUT2D eigenvalue weighted by atomic mass is 35.5. The second kappa shape index (κ2) is 7.06. The lowest BCUT2D eigenvalue weighted by molar-refractivity contribution is -0.122. The summed E-state index contributed by atoms with van der Waals surface area (Å²) >= 11 is 12.0. The molecule has 0 aliphatic carbocycles. The van der Waals surface area contributed by atoms with Crippen molar-refractivity contribution < 1.29 is 9.59 Å². The minimum absolute atomic E-state index is 0.0534. The molecule has 130 valence electrons. The quantitative estimate of drug-likeness (QED) is 0.850. The Morgan fingerprint density at radius 3 is 2.48 bits per heavy atom. The molecular weight excluding hydrogens is 359 g/mol. The van der Waals surface area contributed by atoms with Gasteiger partial charge in [-0.3, -0.25) is 9.59 Å². The van der Waals surface area contributed by atoms with E-state index in [0.29, 0.717) is 22.3 Å². The highest BCUT2D eigenvalue weighted by molar-refractivity contribution is 6.35. The Labute approximate surface area is 156 Å². The van der Waals surface area contributed by atoms with Crippen molar-refractivity contribution in [2.75, 3.05) is 16.8 Å². The predicted octanol–water partition coefficient (Wildman–Crippen LogP) is 4.60. The molecule has 2 amide bonds. The van der Waals surface area contributed by atoms with Gasteiger partial charge < -0.3 is 10.2 Å². The van der Waals surface area contributed by atoms with Crippen LogP contribution in [-0.2, 0) is 9.59 Å². The second-order valence-corrected chi connectivity index (χ2v) is 7.21. The van der Waals surface area contributed by atoms with E-state index in [2.05, 4.69) is 11.4 Å². The number of carbonyl (C=O) groups is 2. The summed E-state index contributed by atoms with van der Waals surface area (Å²) in [6, 6.07) is 10.8. The Hall–Kier alpha value is -2.04. The van der Waals surface area contributed by atoms with Crippen LogP contribution in [0.5, 0.6) is 0 Å². The van der Waals surface area contributed by atoms with E-state index in [1.807, 2.05) is 26.0 Å². The van der Waals surface area contributed by atoms with Gasteiger partial charge in [0.25, 0.3) is 0 Å². The van der Waals surface area contributed by atoms with E-state index in [1.54, 1.807) is 23.1 Å². The highest BCUT2D eigenvalue weighted by Gasteiger charge is 2.35. The average Bonchev–Trinajstić information content (AvgIpc) is 2.92. The molecule has 0 saturated carbocycles. The summed E-state index contributed by atoms with van der Waals surface area (Å²) in [5.74, 6) is -0.713. The van der Waals surface area contributed by atoms with Crippen LogP contribution in [-0.4, -0.2) is 18.4 Å². The number of halogens is 2. The van der Waals surface area contributed by atoms with Crippen molar-refractivity contribution in [1.82, 2.24) is 0 Å². The number of anilines is 2. The molecule has 1 aliphatic rings. The average molecular weight is 377 g/mol. The fourth-order valence-electron chi connectivity index (χ4n) is 3.07. The molecule has 25 heavy (non-hydrogen) atoms. The molecule has 0 unspecified atom stereocenters. The number of nitrogens with one attached hydrogen (secondary N) is 1. The molecule has 4 nitrogen and oxygen atoms in total. The number of aryl methyl sites for hydroxylation is 2. The minimum atomic E-state index is -0.427. The monoisotopic (exact) mass is 376 g/mol. The number of hydrogen-bond acceptors (Lipinski definition) is 2. The van der Waals surface area contributed by atoms with Gasteiger partial charge in [0.2, 0.25) is 11.8 Å². The van der Waals surface area contributed by atoms with Crippen LogP contribution in [0.3, 0.4) is 0 Å². The lowest BCUT2D eigenvalue weighted by Crippen LogP contribution is -2.28. The summed E-state index contributed by atoms with van der Waals surface area (Å²) in [6.07, 6.45) is 0.178. The zero-order valence-electron chi connectivity index (χ0n) is 14.0. The molecule has 0 radical (unpaired) electrons. The van der Waals surface area contributed by atoms with E-state index in [-0.39, 0.29) is 18.2 Å². The van der Waals surface area contributed by atoms with Crippen LogP contribution < -0.4 is 10.2 Å². The summed E-state index contributed by atoms with van der Waals surface area (Å²) in [6.45, 7) is 4.33. The van der Waals surface area contributed by atoms with Gasteiger partial charge in [0.1, 0.15) is 0 Å². The van der Waals surface area contributed by atoms with Crippen molar-refractivity contribution in [3.8, 4) is 0 Å². The molecule has 2 aromatic rings. The van der Waals surface area contributed by atoms with Crippen LogP contribution in [0.4, 0.5) is 11.4 Å². The van der Waals surface area contributed by atoms with Crippen molar-refractivity contribution in [1.29, 1.82) is 0 Å². The first kappa shape index (κ1) is 17.8. The van der Waals surface area contributed by atoms with Gasteiger partial charge in [-0.15, -0.1) is 0 Å². The first-order valence-corrected chi connectivity index (χ1v) is 8.73. The lowest BCUT2D eigenvalue weighted by atomic mass is 10.1. The first-order valence-electron chi connectivity index (χ1n) is 7.98. The molecule has 3 rings (SSSR count). The topological polar surface area (TPSA) is 49.4 Å². The highest BCUT2D eigenvalue weighted by Crippen LogP contribution is 2.30.